The first-order chi connectivity index (χ1) is 10.2. The van der Waals surface area contributed by atoms with Gasteiger partial charge in [-0.1, -0.05) is 6.92 Å². The fraction of sp³-hybridized carbons (Fsp3) is 0.600. The van der Waals surface area contributed by atoms with E-state index in [2.05, 4.69) is 22.5 Å². The van der Waals surface area contributed by atoms with E-state index < -0.39 is 0 Å². The third-order valence-electron chi connectivity index (χ3n) is 3.37. The lowest BCUT2D eigenvalue weighted by atomic mass is 10.0. The number of rotatable bonds is 7. The smallest absolute Gasteiger partial charge is 0.231 e. The van der Waals surface area contributed by atoms with Crippen LogP contribution in [0.4, 0.5) is 5.69 Å². The van der Waals surface area contributed by atoms with E-state index in [1.54, 1.807) is 18.3 Å². The van der Waals surface area contributed by atoms with Crippen molar-refractivity contribution in [2.24, 2.45) is 5.92 Å². The van der Waals surface area contributed by atoms with Crippen LogP contribution in [-0.4, -0.2) is 43.3 Å². The number of amides is 1. The van der Waals surface area contributed by atoms with Gasteiger partial charge in [-0.25, -0.2) is 4.98 Å². The molecule has 0 aliphatic carbocycles. The number of carbonyl (C=O) groups excluding carboxylic acids is 1. The van der Waals surface area contributed by atoms with E-state index in [1.165, 1.54) is 0 Å². The van der Waals surface area contributed by atoms with Crippen molar-refractivity contribution < 1.29 is 14.3 Å². The summed E-state index contributed by atoms with van der Waals surface area (Å²) < 4.78 is 10.7. The van der Waals surface area contributed by atoms with Crippen LogP contribution in [0.2, 0.25) is 0 Å². The number of carbonyl (C=O) groups is 1. The molecule has 2 rings (SSSR count). The quantitative estimate of drug-likeness (QED) is 0.796. The second kappa shape index (κ2) is 7.95. The summed E-state index contributed by atoms with van der Waals surface area (Å²) >= 11 is 0. The highest BCUT2D eigenvalue weighted by atomic mass is 16.5. The van der Waals surface area contributed by atoms with E-state index in [4.69, 9.17) is 9.47 Å². The molecule has 1 saturated heterocycles. The molecule has 1 fully saturated rings. The molecule has 116 valence electrons. The molecule has 0 aromatic carbocycles. The van der Waals surface area contributed by atoms with Crippen LogP contribution in [0.15, 0.2) is 18.3 Å². The third-order valence-corrected chi connectivity index (χ3v) is 3.37. The first kappa shape index (κ1) is 15.7. The van der Waals surface area contributed by atoms with Crippen molar-refractivity contribution in [3.63, 3.8) is 0 Å². The van der Waals surface area contributed by atoms with Crippen LogP contribution in [0.5, 0.6) is 5.88 Å². The number of nitrogens with zero attached hydrogens (tertiary/aromatic N) is 1. The van der Waals surface area contributed by atoms with Crippen LogP contribution in [0.3, 0.4) is 0 Å². The molecule has 2 atom stereocenters. The molecule has 21 heavy (non-hydrogen) atoms. The molecule has 2 N–H and O–H groups in total. The fourth-order valence-corrected chi connectivity index (χ4v) is 2.27. The number of nitrogens with one attached hydrogen (secondary N) is 2. The fourth-order valence-electron chi connectivity index (χ4n) is 2.27. The molecule has 0 spiro atoms. The SMILES string of the molecule is CCCNC1COCC1C(=O)Nc1ccc(OCC)nc1. The zero-order chi connectivity index (χ0) is 15.1. The van der Waals surface area contributed by atoms with Crippen molar-refractivity contribution >= 4 is 11.6 Å². The minimum Gasteiger partial charge on any atom is -0.478 e. The molecular formula is C15H23N3O3. The number of ether oxygens (including phenoxy) is 2. The highest BCUT2D eigenvalue weighted by Gasteiger charge is 2.33. The Morgan fingerprint density at radius 2 is 2.29 bits per heavy atom. The van der Waals surface area contributed by atoms with Gasteiger partial charge in [0.05, 0.1) is 37.6 Å². The molecule has 0 bridgehead atoms. The lowest BCUT2D eigenvalue weighted by Crippen LogP contribution is -2.41. The average molecular weight is 293 g/mol. The summed E-state index contributed by atoms with van der Waals surface area (Å²) in [5.41, 5.74) is 0.671. The van der Waals surface area contributed by atoms with Crippen LogP contribution < -0.4 is 15.4 Å². The summed E-state index contributed by atoms with van der Waals surface area (Å²) in [4.78, 5) is 16.4. The molecule has 2 unspecified atom stereocenters. The van der Waals surface area contributed by atoms with Crippen molar-refractivity contribution in [1.29, 1.82) is 0 Å². The van der Waals surface area contributed by atoms with Gasteiger partial charge in [0.25, 0.3) is 0 Å². The first-order valence-electron chi connectivity index (χ1n) is 7.45. The Kier molecular flexibility index (Phi) is 5.95. The van der Waals surface area contributed by atoms with E-state index in [-0.39, 0.29) is 17.9 Å². The minimum atomic E-state index is -0.164. The molecule has 1 aliphatic heterocycles. The van der Waals surface area contributed by atoms with Gasteiger partial charge in [-0.15, -0.1) is 0 Å². The molecule has 1 aromatic heterocycles. The van der Waals surface area contributed by atoms with Gasteiger partial charge in [-0.2, -0.15) is 0 Å². The van der Waals surface area contributed by atoms with E-state index in [0.717, 1.165) is 13.0 Å². The second-order valence-corrected chi connectivity index (χ2v) is 5.01. The topological polar surface area (TPSA) is 72.5 Å². The van der Waals surface area contributed by atoms with E-state index in [9.17, 15) is 4.79 Å². The summed E-state index contributed by atoms with van der Waals surface area (Å²) in [6.45, 7) is 6.51. The van der Waals surface area contributed by atoms with Gasteiger partial charge >= 0.3 is 0 Å². The molecule has 1 aromatic rings. The summed E-state index contributed by atoms with van der Waals surface area (Å²) in [5, 5.41) is 6.24. The van der Waals surface area contributed by atoms with Crippen molar-refractivity contribution in [1.82, 2.24) is 10.3 Å². The van der Waals surface area contributed by atoms with Gasteiger partial charge in [0, 0.05) is 12.1 Å². The van der Waals surface area contributed by atoms with Crippen molar-refractivity contribution in [2.45, 2.75) is 26.3 Å². The number of hydrogen-bond acceptors (Lipinski definition) is 5. The highest BCUT2D eigenvalue weighted by Crippen LogP contribution is 2.18. The Balaban J connectivity index is 1.90. The summed E-state index contributed by atoms with van der Waals surface area (Å²) in [7, 11) is 0. The van der Waals surface area contributed by atoms with Crippen LogP contribution in [0, 0.1) is 5.92 Å². The van der Waals surface area contributed by atoms with Gasteiger partial charge < -0.3 is 20.1 Å². The molecule has 0 radical (unpaired) electrons. The van der Waals surface area contributed by atoms with Gasteiger partial charge in [-0.05, 0) is 26.0 Å². The Morgan fingerprint density at radius 1 is 1.43 bits per heavy atom. The van der Waals surface area contributed by atoms with Crippen LogP contribution in [-0.2, 0) is 9.53 Å². The maximum atomic E-state index is 12.3. The van der Waals surface area contributed by atoms with Crippen molar-refractivity contribution in [3.05, 3.63) is 18.3 Å². The first-order valence-corrected chi connectivity index (χ1v) is 7.45. The lowest BCUT2D eigenvalue weighted by molar-refractivity contribution is -0.120. The molecule has 1 aliphatic rings. The summed E-state index contributed by atoms with van der Waals surface area (Å²) in [6, 6.07) is 3.62. The zero-order valence-electron chi connectivity index (χ0n) is 12.6. The highest BCUT2D eigenvalue weighted by molar-refractivity contribution is 5.93. The van der Waals surface area contributed by atoms with E-state index >= 15 is 0 Å². The standard InChI is InChI=1S/C15H23N3O3/c1-3-7-16-13-10-20-9-12(13)15(19)18-11-5-6-14(17-8-11)21-4-2/h5-6,8,12-13,16H,3-4,7,9-10H2,1-2H3,(H,18,19). The number of aromatic nitrogens is 1. The molecule has 2 heterocycles. The normalized spacial score (nSPS) is 21.2. The van der Waals surface area contributed by atoms with Crippen LogP contribution in [0.1, 0.15) is 20.3 Å². The molecule has 1 amide bonds. The average Bonchev–Trinajstić information content (AvgIpc) is 2.96. The predicted molar refractivity (Wildman–Crippen MR) is 80.4 cm³/mol. The Morgan fingerprint density at radius 3 is 2.95 bits per heavy atom. The van der Waals surface area contributed by atoms with Crippen molar-refractivity contribution in [2.75, 3.05) is 31.7 Å². The Labute approximate surface area is 125 Å². The van der Waals surface area contributed by atoms with E-state index in [0.29, 0.717) is 31.4 Å². The molecule has 6 heteroatoms. The summed E-state index contributed by atoms with van der Waals surface area (Å²) in [5.74, 6) is 0.359. The maximum Gasteiger partial charge on any atom is 0.231 e. The van der Waals surface area contributed by atoms with Gasteiger partial charge in [-0.3, -0.25) is 4.79 Å². The molecule has 0 saturated carbocycles. The number of hydrogen-bond donors (Lipinski definition) is 2. The van der Waals surface area contributed by atoms with E-state index in [1.807, 2.05) is 6.92 Å². The van der Waals surface area contributed by atoms with Crippen LogP contribution in [0.25, 0.3) is 0 Å². The predicted octanol–water partition coefficient (Wildman–Crippen LogP) is 1.43. The van der Waals surface area contributed by atoms with Gasteiger partial charge in [0.15, 0.2) is 0 Å². The Bertz CT molecular complexity index is 450. The Hall–Kier alpha value is -1.66. The van der Waals surface area contributed by atoms with Gasteiger partial charge in [0.1, 0.15) is 0 Å². The summed E-state index contributed by atoms with van der Waals surface area (Å²) in [6.07, 6.45) is 2.64. The van der Waals surface area contributed by atoms with Crippen molar-refractivity contribution in [3.8, 4) is 5.88 Å². The monoisotopic (exact) mass is 293 g/mol. The minimum absolute atomic E-state index is 0.0351. The maximum absolute atomic E-state index is 12.3. The number of pyridine rings is 1. The van der Waals surface area contributed by atoms with Crippen LogP contribution >= 0.6 is 0 Å². The second-order valence-electron chi connectivity index (χ2n) is 5.01. The molecule has 6 nitrogen and oxygen atoms in total. The largest absolute Gasteiger partial charge is 0.478 e. The number of anilines is 1. The molecular weight excluding hydrogens is 270 g/mol. The third kappa shape index (κ3) is 4.41. The van der Waals surface area contributed by atoms with Gasteiger partial charge in [0.2, 0.25) is 11.8 Å². The zero-order valence-corrected chi connectivity index (χ0v) is 12.6. The lowest BCUT2D eigenvalue weighted by Gasteiger charge is -2.18.